The van der Waals surface area contributed by atoms with Gasteiger partial charge in [0.15, 0.2) is 0 Å². The first-order valence-corrected chi connectivity index (χ1v) is 8.22. The molecule has 0 spiro atoms. The molecule has 1 fully saturated rings. The van der Waals surface area contributed by atoms with Crippen molar-refractivity contribution in [3.63, 3.8) is 0 Å². The average Bonchev–Trinajstić information content (AvgIpc) is 2.79. The van der Waals surface area contributed by atoms with Gasteiger partial charge in [-0.1, -0.05) is 50.1 Å². The van der Waals surface area contributed by atoms with Crippen LogP contribution in [0.5, 0.6) is 0 Å². The monoisotopic (exact) mass is 411 g/mol. The second kappa shape index (κ2) is 4.95. The lowest BCUT2D eigenvalue weighted by molar-refractivity contribution is -0.125. The Morgan fingerprint density at radius 3 is 2.76 bits per heavy atom. The molecule has 1 aromatic carbocycles. The van der Waals surface area contributed by atoms with Crippen LogP contribution in [0.15, 0.2) is 29.4 Å². The fourth-order valence-electron chi connectivity index (χ4n) is 2.39. The van der Waals surface area contributed by atoms with E-state index >= 15 is 0 Å². The van der Waals surface area contributed by atoms with Gasteiger partial charge in [0, 0.05) is 22.2 Å². The van der Waals surface area contributed by atoms with E-state index in [-0.39, 0.29) is 9.14 Å². The van der Waals surface area contributed by atoms with Crippen LogP contribution in [-0.2, 0) is 4.79 Å². The minimum atomic E-state index is -0.459. The molecule has 4 nitrogen and oxygen atoms in total. The number of amides is 1. The number of hydrazone groups is 1. The number of nitrogens with zero attached hydrogens (tertiary/aromatic N) is 1. The number of aromatic amines is 1. The van der Waals surface area contributed by atoms with Gasteiger partial charge in [-0.2, -0.15) is 5.10 Å². The third kappa shape index (κ3) is 2.44. The quantitative estimate of drug-likeness (QED) is 0.449. The zero-order valence-corrected chi connectivity index (χ0v) is 14.9. The van der Waals surface area contributed by atoms with Crippen LogP contribution in [0, 0.1) is 12.3 Å². The first-order chi connectivity index (χ1) is 9.85. The third-order valence-electron chi connectivity index (χ3n) is 4.06. The van der Waals surface area contributed by atoms with Crippen molar-refractivity contribution in [2.45, 2.75) is 23.5 Å². The van der Waals surface area contributed by atoms with Gasteiger partial charge in [-0.05, 0) is 26.3 Å². The highest BCUT2D eigenvalue weighted by atomic mass is 79.9. The molecule has 21 heavy (non-hydrogen) atoms. The van der Waals surface area contributed by atoms with E-state index in [1.165, 1.54) is 0 Å². The number of nitrogens with one attached hydrogen (secondary N) is 2. The summed E-state index contributed by atoms with van der Waals surface area (Å²) in [4.78, 5) is 15.4. The van der Waals surface area contributed by atoms with Crippen molar-refractivity contribution in [2.75, 3.05) is 0 Å². The zero-order valence-electron chi connectivity index (χ0n) is 11.7. The molecule has 6 heteroatoms. The Morgan fingerprint density at radius 1 is 1.43 bits per heavy atom. The number of halogens is 2. The van der Waals surface area contributed by atoms with Crippen molar-refractivity contribution in [1.29, 1.82) is 0 Å². The third-order valence-corrected chi connectivity index (χ3v) is 6.37. The number of hydrogen-bond acceptors (Lipinski definition) is 2. The molecular formula is C15H15Br2N3O. The molecule has 110 valence electrons. The van der Waals surface area contributed by atoms with Gasteiger partial charge in [0.05, 0.1) is 14.9 Å². The molecule has 1 heterocycles. The van der Waals surface area contributed by atoms with Gasteiger partial charge in [0.25, 0.3) is 0 Å². The smallest absolute Gasteiger partial charge is 0.248 e. The van der Waals surface area contributed by atoms with Crippen molar-refractivity contribution in [3.05, 3.63) is 35.5 Å². The summed E-state index contributed by atoms with van der Waals surface area (Å²) in [5, 5.41) is 5.21. The largest absolute Gasteiger partial charge is 0.358 e. The van der Waals surface area contributed by atoms with E-state index in [1.54, 1.807) is 6.21 Å². The molecule has 1 aliphatic carbocycles. The van der Waals surface area contributed by atoms with Gasteiger partial charge in [-0.15, -0.1) is 0 Å². The summed E-state index contributed by atoms with van der Waals surface area (Å²) in [5.41, 5.74) is 5.26. The predicted molar refractivity (Wildman–Crippen MR) is 92.1 cm³/mol. The molecule has 0 saturated heterocycles. The lowest BCUT2D eigenvalue weighted by Gasteiger charge is -2.09. The average molecular weight is 413 g/mol. The number of para-hydroxylation sites is 1. The standard InChI is InChI=1S/C15H15Br2N3O/c1-9-11(10-5-3-4-6-12(10)19-9)7-18-20-13(21)14(2)8-15(14,16)17/h3-7,19H,8H2,1-2H3,(H,20,21)/b18-7+/t14-/m1/s1. The Morgan fingerprint density at radius 2 is 2.10 bits per heavy atom. The Labute approximate surface area is 139 Å². The number of carbonyl (C=O) groups is 1. The molecule has 0 aliphatic heterocycles. The molecule has 3 rings (SSSR count). The highest BCUT2D eigenvalue weighted by Gasteiger charge is 2.66. The Kier molecular flexibility index (Phi) is 3.48. The molecule has 0 radical (unpaired) electrons. The van der Waals surface area contributed by atoms with Crippen LogP contribution in [0.4, 0.5) is 0 Å². The van der Waals surface area contributed by atoms with Crippen LogP contribution in [0.3, 0.4) is 0 Å². The molecule has 0 unspecified atom stereocenters. The van der Waals surface area contributed by atoms with E-state index in [0.29, 0.717) is 0 Å². The van der Waals surface area contributed by atoms with E-state index in [0.717, 1.165) is 28.6 Å². The number of rotatable bonds is 3. The Bertz CT molecular complexity index is 750. The summed E-state index contributed by atoms with van der Waals surface area (Å²) in [6.45, 7) is 3.89. The van der Waals surface area contributed by atoms with Gasteiger partial charge in [0.2, 0.25) is 5.91 Å². The maximum atomic E-state index is 12.1. The normalized spacial score (nSPS) is 23.6. The molecular weight excluding hydrogens is 398 g/mol. The molecule has 1 atom stereocenters. The minimum absolute atomic E-state index is 0.0926. The molecule has 1 amide bonds. The van der Waals surface area contributed by atoms with E-state index in [1.807, 2.05) is 38.1 Å². The number of carbonyl (C=O) groups excluding carboxylic acids is 1. The summed E-state index contributed by atoms with van der Waals surface area (Å²) in [6, 6.07) is 8.03. The van der Waals surface area contributed by atoms with Crippen molar-refractivity contribution in [1.82, 2.24) is 10.4 Å². The molecule has 1 aromatic heterocycles. The number of fused-ring (bicyclic) bond motifs is 1. The molecule has 2 N–H and O–H groups in total. The lowest BCUT2D eigenvalue weighted by Crippen LogP contribution is -2.29. The van der Waals surface area contributed by atoms with Crippen LogP contribution in [-0.4, -0.2) is 20.3 Å². The van der Waals surface area contributed by atoms with Crippen molar-refractivity contribution in [2.24, 2.45) is 10.5 Å². The van der Waals surface area contributed by atoms with Crippen molar-refractivity contribution < 1.29 is 4.79 Å². The molecule has 1 aliphatic rings. The van der Waals surface area contributed by atoms with Gasteiger partial charge in [0.1, 0.15) is 0 Å². The minimum Gasteiger partial charge on any atom is -0.358 e. The summed E-state index contributed by atoms with van der Waals surface area (Å²) >= 11 is 6.97. The fourth-order valence-corrected chi connectivity index (χ4v) is 3.87. The number of alkyl halides is 2. The first kappa shape index (κ1) is 14.8. The summed E-state index contributed by atoms with van der Waals surface area (Å²) in [7, 11) is 0. The molecule has 1 saturated carbocycles. The highest BCUT2D eigenvalue weighted by molar-refractivity contribution is 9.25. The number of aryl methyl sites for hydroxylation is 1. The van der Waals surface area contributed by atoms with Gasteiger partial charge in [-0.3, -0.25) is 4.79 Å². The second-order valence-corrected chi connectivity index (χ2v) is 9.39. The van der Waals surface area contributed by atoms with E-state index in [4.69, 9.17) is 0 Å². The number of hydrogen-bond donors (Lipinski definition) is 2. The maximum Gasteiger partial charge on any atom is 0.248 e. The number of benzene rings is 1. The summed E-state index contributed by atoms with van der Waals surface area (Å²) < 4.78 is -0.302. The van der Waals surface area contributed by atoms with Crippen LogP contribution < -0.4 is 5.43 Å². The Hall–Kier alpha value is -1.14. The lowest BCUT2D eigenvalue weighted by atomic mass is 10.1. The molecule has 0 bridgehead atoms. The fraction of sp³-hybridized carbons (Fsp3) is 0.333. The van der Waals surface area contributed by atoms with Crippen LogP contribution in [0.1, 0.15) is 24.6 Å². The summed E-state index contributed by atoms with van der Waals surface area (Å²) in [6.07, 6.45) is 2.44. The zero-order chi connectivity index (χ0) is 15.3. The van der Waals surface area contributed by atoms with Gasteiger partial charge in [-0.25, -0.2) is 5.43 Å². The SMILES string of the molecule is Cc1[nH]c2ccccc2c1/C=N/NC(=O)[C@@]1(C)CC1(Br)Br. The van der Waals surface area contributed by atoms with Crippen LogP contribution in [0.25, 0.3) is 10.9 Å². The van der Waals surface area contributed by atoms with E-state index in [2.05, 4.69) is 47.4 Å². The topological polar surface area (TPSA) is 57.2 Å². The van der Waals surface area contributed by atoms with Crippen molar-refractivity contribution in [3.8, 4) is 0 Å². The first-order valence-electron chi connectivity index (χ1n) is 6.64. The van der Waals surface area contributed by atoms with Gasteiger partial charge < -0.3 is 4.98 Å². The van der Waals surface area contributed by atoms with E-state index in [9.17, 15) is 4.79 Å². The number of H-pyrrole nitrogens is 1. The van der Waals surface area contributed by atoms with Gasteiger partial charge >= 0.3 is 0 Å². The summed E-state index contributed by atoms with van der Waals surface area (Å²) in [5.74, 6) is -0.0926. The number of aromatic nitrogens is 1. The van der Waals surface area contributed by atoms with Crippen LogP contribution >= 0.6 is 31.9 Å². The Balaban J connectivity index is 1.77. The molecule has 2 aromatic rings. The van der Waals surface area contributed by atoms with E-state index < -0.39 is 5.41 Å². The second-order valence-electron chi connectivity index (χ2n) is 5.62. The highest BCUT2D eigenvalue weighted by Crippen LogP contribution is 2.66. The van der Waals surface area contributed by atoms with Crippen LogP contribution in [0.2, 0.25) is 0 Å². The predicted octanol–water partition coefficient (Wildman–Crippen LogP) is 3.82. The van der Waals surface area contributed by atoms with Crippen molar-refractivity contribution >= 4 is 54.9 Å². The maximum absolute atomic E-state index is 12.1.